The van der Waals surface area contributed by atoms with E-state index in [1.54, 1.807) is 26.3 Å². The molecule has 7 heteroatoms. The number of benzene rings is 2. The van der Waals surface area contributed by atoms with E-state index in [0.29, 0.717) is 32.3 Å². The molecule has 3 rings (SSSR count). The highest BCUT2D eigenvalue weighted by Crippen LogP contribution is 2.22. The minimum atomic E-state index is -0.222. The maximum absolute atomic E-state index is 13.9. The number of halogens is 1. The third-order valence-electron chi connectivity index (χ3n) is 5.30. The van der Waals surface area contributed by atoms with Crippen LogP contribution < -0.4 is 15.4 Å². The van der Waals surface area contributed by atoms with E-state index in [-0.39, 0.29) is 11.9 Å². The van der Waals surface area contributed by atoms with Crippen molar-refractivity contribution < 1.29 is 13.9 Å². The molecule has 1 aliphatic heterocycles. The van der Waals surface area contributed by atoms with Crippen molar-refractivity contribution in [3.05, 3.63) is 65.0 Å². The van der Waals surface area contributed by atoms with Crippen molar-refractivity contribution in [1.82, 2.24) is 15.5 Å². The van der Waals surface area contributed by atoms with E-state index < -0.39 is 0 Å². The molecule has 0 saturated carbocycles. The Labute approximate surface area is 178 Å². The van der Waals surface area contributed by atoms with Gasteiger partial charge < -0.3 is 20.1 Å². The number of guanidine groups is 1. The molecule has 1 aliphatic rings. The predicted molar refractivity (Wildman–Crippen MR) is 117 cm³/mol. The van der Waals surface area contributed by atoms with Crippen LogP contribution >= 0.6 is 0 Å². The standard InChI is InChI=1S/C23H31FN4O2/c1-17-7-8-19(22(13-17)29-3)15-26-23(25-2)27-16-21(28-9-11-30-12-10-28)18-5-4-6-20(24)14-18/h4-8,13-14,21H,9-12,15-16H2,1-3H3,(H2,25,26,27). The Balaban J connectivity index is 1.65. The number of methoxy groups -OCH3 is 1. The van der Waals surface area contributed by atoms with Gasteiger partial charge in [0.15, 0.2) is 5.96 Å². The number of nitrogens with one attached hydrogen (secondary N) is 2. The lowest BCUT2D eigenvalue weighted by Crippen LogP contribution is -2.46. The molecule has 0 aromatic heterocycles. The van der Waals surface area contributed by atoms with Gasteiger partial charge in [-0.25, -0.2) is 4.39 Å². The number of morpholine rings is 1. The summed E-state index contributed by atoms with van der Waals surface area (Å²) in [6, 6.07) is 13.0. The van der Waals surface area contributed by atoms with E-state index in [1.807, 2.05) is 19.1 Å². The van der Waals surface area contributed by atoms with Crippen molar-refractivity contribution in [2.75, 3.05) is 47.0 Å². The lowest BCUT2D eigenvalue weighted by Gasteiger charge is -2.35. The molecule has 162 valence electrons. The van der Waals surface area contributed by atoms with E-state index in [1.165, 1.54) is 6.07 Å². The fourth-order valence-electron chi connectivity index (χ4n) is 3.65. The molecule has 2 N–H and O–H groups in total. The van der Waals surface area contributed by atoms with Crippen LogP contribution in [0.4, 0.5) is 4.39 Å². The Hall–Kier alpha value is -2.64. The zero-order valence-electron chi connectivity index (χ0n) is 18.0. The average molecular weight is 415 g/mol. The summed E-state index contributed by atoms with van der Waals surface area (Å²) in [6.45, 7) is 6.24. The molecular weight excluding hydrogens is 383 g/mol. The maximum Gasteiger partial charge on any atom is 0.191 e. The van der Waals surface area contributed by atoms with Crippen molar-refractivity contribution in [2.24, 2.45) is 4.99 Å². The quantitative estimate of drug-likeness (QED) is 0.539. The largest absolute Gasteiger partial charge is 0.496 e. The van der Waals surface area contributed by atoms with Crippen molar-refractivity contribution in [3.63, 3.8) is 0 Å². The monoisotopic (exact) mass is 414 g/mol. The van der Waals surface area contributed by atoms with Crippen LogP contribution in [-0.2, 0) is 11.3 Å². The molecule has 1 fully saturated rings. The smallest absolute Gasteiger partial charge is 0.191 e. The Morgan fingerprint density at radius 1 is 1.20 bits per heavy atom. The normalized spacial score (nSPS) is 16.2. The minimum absolute atomic E-state index is 0.0251. The number of hydrogen-bond acceptors (Lipinski definition) is 4. The number of aliphatic imine (C=N–C) groups is 1. The summed E-state index contributed by atoms with van der Waals surface area (Å²) in [4.78, 5) is 6.66. The van der Waals surface area contributed by atoms with E-state index in [4.69, 9.17) is 9.47 Å². The Kier molecular flexibility index (Phi) is 8.04. The highest BCUT2D eigenvalue weighted by atomic mass is 19.1. The summed E-state index contributed by atoms with van der Waals surface area (Å²) in [6.07, 6.45) is 0. The summed E-state index contributed by atoms with van der Waals surface area (Å²) in [5.74, 6) is 1.32. The fraction of sp³-hybridized carbons (Fsp3) is 0.435. The lowest BCUT2D eigenvalue weighted by molar-refractivity contribution is 0.0169. The molecule has 2 aromatic carbocycles. The summed E-state index contributed by atoms with van der Waals surface area (Å²) in [7, 11) is 3.42. The molecule has 0 aliphatic carbocycles. The van der Waals surface area contributed by atoms with Gasteiger partial charge in [0.2, 0.25) is 0 Å². The molecule has 2 aromatic rings. The second kappa shape index (κ2) is 10.9. The van der Waals surface area contributed by atoms with Crippen LogP contribution in [0.3, 0.4) is 0 Å². The second-order valence-electron chi connectivity index (χ2n) is 7.34. The summed E-state index contributed by atoms with van der Waals surface area (Å²) < 4.78 is 24.8. The highest BCUT2D eigenvalue weighted by molar-refractivity contribution is 5.79. The van der Waals surface area contributed by atoms with E-state index in [0.717, 1.165) is 35.5 Å². The lowest BCUT2D eigenvalue weighted by atomic mass is 10.0. The Morgan fingerprint density at radius 2 is 2.00 bits per heavy atom. The molecule has 1 unspecified atom stereocenters. The summed E-state index contributed by atoms with van der Waals surface area (Å²) in [5.41, 5.74) is 3.16. The topological polar surface area (TPSA) is 58.1 Å². The molecule has 6 nitrogen and oxygen atoms in total. The predicted octanol–water partition coefficient (Wildman–Crippen LogP) is 2.88. The zero-order chi connectivity index (χ0) is 21.3. The number of nitrogens with zero attached hydrogens (tertiary/aromatic N) is 2. The third kappa shape index (κ3) is 5.93. The van der Waals surface area contributed by atoms with Gasteiger partial charge in [0, 0.05) is 38.8 Å². The zero-order valence-corrected chi connectivity index (χ0v) is 18.0. The van der Waals surface area contributed by atoms with Gasteiger partial charge in [-0.2, -0.15) is 0 Å². The van der Waals surface area contributed by atoms with Crippen LogP contribution in [0, 0.1) is 12.7 Å². The van der Waals surface area contributed by atoms with Gasteiger partial charge in [-0.05, 0) is 36.2 Å². The Morgan fingerprint density at radius 3 is 2.70 bits per heavy atom. The van der Waals surface area contributed by atoms with Gasteiger partial charge in [0.1, 0.15) is 11.6 Å². The molecule has 1 saturated heterocycles. The highest BCUT2D eigenvalue weighted by Gasteiger charge is 2.23. The molecule has 1 heterocycles. The van der Waals surface area contributed by atoms with Crippen LogP contribution in [0.1, 0.15) is 22.7 Å². The number of aryl methyl sites for hydroxylation is 1. The molecular formula is C23H31FN4O2. The van der Waals surface area contributed by atoms with E-state index in [2.05, 4.69) is 32.7 Å². The molecule has 0 spiro atoms. The fourth-order valence-corrected chi connectivity index (χ4v) is 3.65. The van der Waals surface area contributed by atoms with Gasteiger partial charge >= 0.3 is 0 Å². The van der Waals surface area contributed by atoms with Crippen LogP contribution in [0.25, 0.3) is 0 Å². The van der Waals surface area contributed by atoms with Crippen molar-refractivity contribution in [2.45, 2.75) is 19.5 Å². The van der Waals surface area contributed by atoms with Gasteiger partial charge in [-0.3, -0.25) is 9.89 Å². The third-order valence-corrected chi connectivity index (χ3v) is 5.30. The van der Waals surface area contributed by atoms with E-state index in [9.17, 15) is 4.39 Å². The molecule has 0 amide bonds. The van der Waals surface area contributed by atoms with Crippen molar-refractivity contribution >= 4 is 5.96 Å². The first-order valence-electron chi connectivity index (χ1n) is 10.3. The van der Waals surface area contributed by atoms with Crippen molar-refractivity contribution in [1.29, 1.82) is 0 Å². The molecule has 0 bridgehead atoms. The average Bonchev–Trinajstić information content (AvgIpc) is 2.77. The number of rotatable bonds is 7. The first kappa shape index (κ1) is 22.1. The first-order valence-corrected chi connectivity index (χ1v) is 10.3. The Bertz CT molecular complexity index is 853. The summed E-state index contributed by atoms with van der Waals surface area (Å²) in [5, 5.41) is 6.74. The minimum Gasteiger partial charge on any atom is -0.496 e. The van der Waals surface area contributed by atoms with E-state index >= 15 is 0 Å². The molecule has 1 atom stereocenters. The van der Waals surface area contributed by atoms with Crippen molar-refractivity contribution in [3.8, 4) is 5.75 Å². The van der Waals surface area contributed by atoms with Crippen LogP contribution in [-0.4, -0.2) is 57.9 Å². The molecule has 30 heavy (non-hydrogen) atoms. The van der Waals surface area contributed by atoms with Crippen LogP contribution in [0.5, 0.6) is 5.75 Å². The maximum atomic E-state index is 13.9. The second-order valence-corrected chi connectivity index (χ2v) is 7.34. The molecule has 0 radical (unpaired) electrons. The van der Waals surface area contributed by atoms with Gasteiger partial charge in [0.25, 0.3) is 0 Å². The van der Waals surface area contributed by atoms with Gasteiger partial charge in [-0.1, -0.05) is 24.3 Å². The van der Waals surface area contributed by atoms with Crippen LogP contribution in [0.15, 0.2) is 47.5 Å². The number of hydrogen-bond donors (Lipinski definition) is 2. The van der Waals surface area contributed by atoms with Gasteiger partial charge in [0.05, 0.1) is 26.4 Å². The SMILES string of the molecule is CN=C(NCc1ccc(C)cc1OC)NCC(c1cccc(F)c1)N1CCOCC1. The van der Waals surface area contributed by atoms with Gasteiger partial charge in [-0.15, -0.1) is 0 Å². The van der Waals surface area contributed by atoms with Crippen LogP contribution in [0.2, 0.25) is 0 Å². The number of ether oxygens (including phenoxy) is 2. The first-order chi connectivity index (χ1) is 14.6. The summed E-state index contributed by atoms with van der Waals surface area (Å²) >= 11 is 0.